The number of thiophene rings is 1. The van der Waals surface area contributed by atoms with Crippen LogP contribution < -0.4 is 10.1 Å². The van der Waals surface area contributed by atoms with Gasteiger partial charge in [0, 0.05) is 30.6 Å². The zero-order valence-electron chi connectivity index (χ0n) is 17.0. The first-order valence-electron chi connectivity index (χ1n) is 10.1. The second kappa shape index (κ2) is 9.89. The number of carbonyl (C=O) groups excluding carboxylic acids is 1. The number of carbonyl (C=O) groups is 1. The third-order valence-corrected chi connectivity index (χ3v) is 6.30. The Bertz CT molecular complexity index is 1010. The molecule has 156 valence electrons. The number of hydrogen-bond acceptors (Lipinski definition) is 5. The molecule has 4 rings (SSSR count). The molecule has 0 radical (unpaired) electrons. The van der Waals surface area contributed by atoms with Crippen molar-refractivity contribution < 1.29 is 14.3 Å². The first kappa shape index (κ1) is 20.6. The largest absolute Gasteiger partial charge is 0.497 e. The van der Waals surface area contributed by atoms with Crippen LogP contribution in [0.4, 0.5) is 0 Å². The van der Waals surface area contributed by atoms with Crippen molar-refractivity contribution in [3.8, 4) is 5.75 Å². The van der Waals surface area contributed by atoms with Gasteiger partial charge in [0.15, 0.2) is 0 Å². The normalized spacial score (nSPS) is 16.0. The molecule has 1 N–H and O–H groups in total. The van der Waals surface area contributed by atoms with Gasteiger partial charge in [-0.2, -0.15) is 0 Å². The molecule has 3 aromatic rings. The maximum Gasteiger partial charge on any atom is 0.244 e. The summed E-state index contributed by atoms with van der Waals surface area (Å²) in [6.07, 6.45) is 3.46. The van der Waals surface area contributed by atoms with Crippen LogP contribution in [-0.2, 0) is 9.53 Å². The van der Waals surface area contributed by atoms with Crippen LogP contribution in [0.25, 0.3) is 16.8 Å². The summed E-state index contributed by atoms with van der Waals surface area (Å²) < 4.78 is 10.8. The molecular weight excluding hydrogens is 396 g/mol. The van der Waals surface area contributed by atoms with Gasteiger partial charge in [-0.1, -0.05) is 24.3 Å². The zero-order chi connectivity index (χ0) is 20.8. The lowest BCUT2D eigenvalue weighted by Gasteiger charge is -2.34. The Morgan fingerprint density at radius 2 is 2.00 bits per heavy atom. The number of rotatable bonds is 7. The molecule has 1 aliphatic heterocycles. The Morgan fingerprint density at radius 1 is 1.20 bits per heavy atom. The molecule has 5 nitrogen and oxygen atoms in total. The van der Waals surface area contributed by atoms with Gasteiger partial charge in [0.05, 0.1) is 26.4 Å². The van der Waals surface area contributed by atoms with Crippen molar-refractivity contribution >= 4 is 34.1 Å². The summed E-state index contributed by atoms with van der Waals surface area (Å²) in [5.74, 6) is 0.755. The number of nitrogens with zero attached hydrogens (tertiary/aromatic N) is 1. The van der Waals surface area contributed by atoms with Gasteiger partial charge >= 0.3 is 0 Å². The number of amides is 1. The minimum Gasteiger partial charge on any atom is -0.497 e. The van der Waals surface area contributed by atoms with Crippen molar-refractivity contribution in [2.75, 3.05) is 40.0 Å². The molecule has 30 heavy (non-hydrogen) atoms. The van der Waals surface area contributed by atoms with Gasteiger partial charge in [0.2, 0.25) is 5.91 Å². The number of morpholine rings is 1. The fraction of sp³-hybridized carbons (Fsp3) is 0.292. The Kier molecular flexibility index (Phi) is 6.79. The Hall–Kier alpha value is -2.67. The first-order chi connectivity index (χ1) is 14.7. The van der Waals surface area contributed by atoms with E-state index in [1.54, 1.807) is 24.5 Å². The van der Waals surface area contributed by atoms with Crippen LogP contribution in [0, 0.1) is 0 Å². The van der Waals surface area contributed by atoms with E-state index < -0.39 is 0 Å². The molecule has 1 atom stereocenters. The highest BCUT2D eigenvalue weighted by Gasteiger charge is 2.23. The van der Waals surface area contributed by atoms with E-state index in [1.165, 1.54) is 4.88 Å². The van der Waals surface area contributed by atoms with Gasteiger partial charge in [-0.05, 0) is 52.1 Å². The number of methoxy groups -OCH3 is 1. The highest BCUT2D eigenvalue weighted by atomic mass is 32.1. The monoisotopic (exact) mass is 422 g/mol. The van der Waals surface area contributed by atoms with E-state index in [0.717, 1.165) is 48.4 Å². The van der Waals surface area contributed by atoms with Crippen LogP contribution in [0.2, 0.25) is 0 Å². The summed E-state index contributed by atoms with van der Waals surface area (Å²) in [6.45, 7) is 3.83. The van der Waals surface area contributed by atoms with E-state index >= 15 is 0 Å². The van der Waals surface area contributed by atoms with Crippen molar-refractivity contribution in [2.24, 2.45) is 0 Å². The van der Waals surface area contributed by atoms with Crippen molar-refractivity contribution in [3.63, 3.8) is 0 Å². The summed E-state index contributed by atoms with van der Waals surface area (Å²) in [6, 6.07) is 16.5. The van der Waals surface area contributed by atoms with Crippen LogP contribution in [0.1, 0.15) is 16.5 Å². The average molecular weight is 423 g/mol. The molecular formula is C24H26N2O3S. The van der Waals surface area contributed by atoms with Gasteiger partial charge in [0.25, 0.3) is 0 Å². The number of hydrogen-bond donors (Lipinski definition) is 1. The standard InChI is InChI=1S/C24H26N2O3S/c1-28-21-8-7-19-15-18(4-6-20(19)16-21)5-9-24(27)25-17-22(23-3-2-14-30-23)26-10-12-29-13-11-26/h2-9,14-16,22H,10-13,17H2,1H3,(H,25,27). The van der Waals surface area contributed by atoms with E-state index in [9.17, 15) is 4.79 Å². The maximum atomic E-state index is 12.5. The lowest BCUT2D eigenvalue weighted by atomic mass is 10.1. The lowest BCUT2D eigenvalue weighted by Crippen LogP contribution is -2.43. The van der Waals surface area contributed by atoms with Crippen LogP contribution in [0.15, 0.2) is 60.0 Å². The predicted molar refractivity (Wildman–Crippen MR) is 122 cm³/mol. The minimum absolute atomic E-state index is 0.0837. The third kappa shape index (κ3) is 5.08. The Labute approximate surface area is 180 Å². The van der Waals surface area contributed by atoms with E-state index in [0.29, 0.717) is 6.54 Å². The minimum atomic E-state index is -0.0837. The molecule has 2 aromatic carbocycles. The second-order valence-electron chi connectivity index (χ2n) is 7.23. The van der Waals surface area contributed by atoms with Crippen LogP contribution in [0.5, 0.6) is 5.75 Å². The molecule has 1 aliphatic rings. The quantitative estimate of drug-likeness (QED) is 0.582. The molecule has 1 saturated heterocycles. The second-order valence-corrected chi connectivity index (χ2v) is 8.21. The predicted octanol–water partition coefficient (Wildman–Crippen LogP) is 4.11. The molecule has 2 heterocycles. The third-order valence-electron chi connectivity index (χ3n) is 5.33. The Balaban J connectivity index is 1.39. The van der Waals surface area contributed by atoms with Gasteiger partial charge in [-0.25, -0.2) is 0 Å². The summed E-state index contributed by atoms with van der Waals surface area (Å²) in [7, 11) is 1.67. The summed E-state index contributed by atoms with van der Waals surface area (Å²) >= 11 is 1.73. The van der Waals surface area contributed by atoms with E-state index in [1.807, 2.05) is 36.4 Å². The first-order valence-corrected chi connectivity index (χ1v) is 11.0. The van der Waals surface area contributed by atoms with Gasteiger partial charge in [-0.3, -0.25) is 9.69 Å². The molecule has 0 bridgehead atoms. The SMILES string of the molecule is COc1ccc2cc(C=CC(=O)NCC(c3cccs3)N3CCOCC3)ccc2c1. The lowest BCUT2D eigenvalue weighted by molar-refractivity contribution is -0.116. The summed E-state index contributed by atoms with van der Waals surface area (Å²) in [5, 5.41) is 7.38. The summed E-state index contributed by atoms with van der Waals surface area (Å²) in [5.41, 5.74) is 0.991. The number of nitrogens with one attached hydrogen (secondary N) is 1. The average Bonchev–Trinajstić information content (AvgIpc) is 3.32. The number of benzene rings is 2. The van der Waals surface area contributed by atoms with Crippen molar-refractivity contribution in [1.29, 1.82) is 0 Å². The van der Waals surface area contributed by atoms with Gasteiger partial charge in [-0.15, -0.1) is 11.3 Å². The van der Waals surface area contributed by atoms with Crippen LogP contribution >= 0.6 is 11.3 Å². The van der Waals surface area contributed by atoms with Crippen molar-refractivity contribution in [3.05, 3.63) is 70.4 Å². The molecule has 1 amide bonds. The van der Waals surface area contributed by atoms with E-state index in [4.69, 9.17) is 9.47 Å². The molecule has 6 heteroatoms. The number of fused-ring (bicyclic) bond motifs is 1. The molecule has 0 spiro atoms. The smallest absolute Gasteiger partial charge is 0.244 e. The Morgan fingerprint density at radius 3 is 2.77 bits per heavy atom. The molecule has 0 aliphatic carbocycles. The topological polar surface area (TPSA) is 50.8 Å². The maximum absolute atomic E-state index is 12.5. The van der Waals surface area contributed by atoms with Crippen molar-refractivity contribution in [1.82, 2.24) is 10.2 Å². The van der Waals surface area contributed by atoms with Crippen molar-refractivity contribution in [2.45, 2.75) is 6.04 Å². The molecule has 1 unspecified atom stereocenters. The van der Waals surface area contributed by atoms with Crippen LogP contribution in [-0.4, -0.2) is 50.8 Å². The van der Waals surface area contributed by atoms with E-state index in [-0.39, 0.29) is 11.9 Å². The number of ether oxygens (including phenoxy) is 2. The van der Waals surface area contributed by atoms with Gasteiger partial charge in [0.1, 0.15) is 5.75 Å². The molecule has 0 saturated carbocycles. The van der Waals surface area contributed by atoms with E-state index in [2.05, 4.69) is 33.8 Å². The zero-order valence-corrected chi connectivity index (χ0v) is 17.9. The van der Waals surface area contributed by atoms with Gasteiger partial charge < -0.3 is 14.8 Å². The fourth-order valence-electron chi connectivity index (χ4n) is 3.68. The van der Waals surface area contributed by atoms with Crippen LogP contribution in [0.3, 0.4) is 0 Å². The highest BCUT2D eigenvalue weighted by Crippen LogP contribution is 2.25. The summed E-state index contributed by atoms with van der Waals surface area (Å²) in [4.78, 5) is 16.1. The molecule has 1 aromatic heterocycles. The fourth-order valence-corrected chi connectivity index (χ4v) is 4.54. The molecule has 1 fully saturated rings. The highest BCUT2D eigenvalue weighted by molar-refractivity contribution is 7.10.